The van der Waals surface area contributed by atoms with E-state index in [0.29, 0.717) is 11.3 Å². The Morgan fingerprint density at radius 1 is 1.00 bits per heavy atom. The highest BCUT2D eigenvalue weighted by atomic mass is 16.1. The van der Waals surface area contributed by atoms with Gasteiger partial charge in [0.2, 0.25) is 0 Å². The SMILES string of the molecule is CN1CCN(c2cc(C(=O)Cc3cc4cc(-c5cncc6[nH]ccc56)ccc4nn3)ccn2)CC1. The van der Waals surface area contributed by atoms with E-state index < -0.39 is 0 Å². The van der Waals surface area contributed by atoms with Gasteiger partial charge in [-0.3, -0.25) is 9.78 Å². The highest BCUT2D eigenvalue weighted by Gasteiger charge is 2.17. The van der Waals surface area contributed by atoms with Crippen molar-refractivity contribution in [3.63, 3.8) is 0 Å². The molecule has 0 radical (unpaired) electrons. The van der Waals surface area contributed by atoms with Crippen molar-refractivity contribution in [2.75, 3.05) is 38.1 Å². The van der Waals surface area contributed by atoms with E-state index in [1.165, 1.54) is 0 Å². The lowest BCUT2D eigenvalue weighted by atomic mass is 10.0. The Balaban J connectivity index is 1.26. The number of nitrogens with one attached hydrogen (secondary N) is 1. The van der Waals surface area contributed by atoms with Crippen molar-refractivity contribution in [2.24, 2.45) is 0 Å². The van der Waals surface area contributed by atoms with E-state index in [-0.39, 0.29) is 12.2 Å². The molecule has 0 atom stereocenters. The molecule has 0 unspecified atom stereocenters. The predicted molar refractivity (Wildman–Crippen MR) is 137 cm³/mol. The second-order valence-electron chi connectivity index (χ2n) is 9.03. The molecule has 8 heteroatoms. The number of Topliss-reactive ketones (excluding diaryl/α,β-unsaturated/α-hetero) is 1. The molecule has 1 N–H and O–H groups in total. The minimum atomic E-state index is 0.00822. The van der Waals surface area contributed by atoms with Gasteiger partial charge in [-0.15, -0.1) is 0 Å². The number of H-pyrrole nitrogens is 1. The van der Waals surface area contributed by atoms with Crippen LogP contribution in [0.25, 0.3) is 32.9 Å². The van der Waals surface area contributed by atoms with Crippen LogP contribution >= 0.6 is 0 Å². The van der Waals surface area contributed by atoms with Gasteiger partial charge in [0.25, 0.3) is 0 Å². The average molecular weight is 464 g/mol. The highest BCUT2D eigenvalue weighted by molar-refractivity contribution is 5.99. The summed E-state index contributed by atoms with van der Waals surface area (Å²) in [4.78, 5) is 29.7. The number of hydrogen-bond acceptors (Lipinski definition) is 7. The molecular formula is C27H25N7O. The molecule has 174 valence electrons. The Hall–Kier alpha value is -4.17. The Morgan fingerprint density at radius 2 is 1.89 bits per heavy atom. The molecule has 5 aromatic rings. The molecule has 1 saturated heterocycles. The number of aromatic amines is 1. The maximum Gasteiger partial charge on any atom is 0.169 e. The molecule has 1 fully saturated rings. The molecule has 1 aliphatic rings. The van der Waals surface area contributed by atoms with Gasteiger partial charge in [0, 0.05) is 66.7 Å². The van der Waals surface area contributed by atoms with Crippen LogP contribution in [0.3, 0.4) is 0 Å². The normalized spacial score (nSPS) is 14.6. The van der Waals surface area contributed by atoms with E-state index in [1.807, 2.05) is 42.9 Å². The number of carbonyl (C=O) groups is 1. The number of aromatic nitrogens is 5. The van der Waals surface area contributed by atoms with Gasteiger partial charge in [-0.1, -0.05) is 6.07 Å². The lowest BCUT2D eigenvalue weighted by Crippen LogP contribution is -2.44. The molecule has 0 amide bonds. The van der Waals surface area contributed by atoms with Gasteiger partial charge in [0.1, 0.15) is 5.82 Å². The van der Waals surface area contributed by atoms with Crippen LogP contribution in [0, 0.1) is 0 Å². The van der Waals surface area contributed by atoms with Gasteiger partial charge in [0.15, 0.2) is 5.78 Å². The van der Waals surface area contributed by atoms with Gasteiger partial charge in [0.05, 0.1) is 29.3 Å². The summed E-state index contributed by atoms with van der Waals surface area (Å²) in [5.74, 6) is 0.861. The number of ketones is 1. The van der Waals surface area contributed by atoms with Crippen molar-refractivity contribution >= 4 is 33.4 Å². The molecule has 5 heterocycles. The van der Waals surface area contributed by atoms with Crippen LogP contribution in [-0.2, 0) is 6.42 Å². The van der Waals surface area contributed by atoms with E-state index >= 15 is 0 Å². The van der Waals surface area contributed by atoms with E-state index in [0.717, 1.165) is 64.9 Å². The summed E-state index contributed by atoms with van der Waals surface area (Å²) >= 11 is 0. The maximum atomic E-state index is 13.1. The van der Waals surface area contributed by atoms with Crippen molar-refractivity contribution in [2.45, 2.75) is 6.42 Å². The van der Waals surface area contributed by atoms with E-state index in [9.17, 15) is 4.79 Å². The molecule has 0 aliphatic carbocycles. The van der Waals surface area contributed by atoms with Crippen LogP contribution in [0.5, 0.6) is 0 Å². The minimum absolute atomic E-state index is 0.00822. The Kier molecular flexibility index (Phi) is 5.42. The lowest BCUT2D eigenvalue weighted by Gasteiger charge is -2.33. The number of hydrogen-bond donors (Lipinski definition) is 1. The van der Waals surface area contributed by atoms with Crippen LogP contribution in [-0.4, -0.2) is 69.1 Å². The van der Waals surface area contributed by atoms with Crippen molar-refractivity contribution in [3.05, 3.63) is 78.5 Å². The van der Waals surface area contributed by atoms with Gasteiger partial charge in [-0.05, 0) is 49.0 Å². The van der Waals surface area contributed by atoms with Crippen LogP contribution < -0.4 is 4.90 Å². The molecule has 1 aromatic carbocycles. The summed E-state index contributed by atoms with van der Waals surface area (Å²) in [7, 11) is 2.12. The zero-order valence-electron chi connectivity index (χ0n) is 19.5. The summed E-state index contributed by atoms with van der Waals surface area (Å²) in [6, 6.07) is 13.7. The van der Waals surface area contributed by atoms with Crippen molar-refractivity contribution in [3.8, 4) is 11.1 Å². The van der Waals surface area contributed by atoms with E-state index in [4.69, 9.17) is 0 Å². The molecule has 1 aliphatic heterocycles. The molecule has 35 heavy (non-hydrogen) atoms. The first kappa shape index (κ1) is 21.4. The number of nitrogens with zero attached hydrogens (tertiary/aromatic N) is 6. The van der Waals surface area contributed by atoms with Gasteiger partial charge in [-0.2, -0.15) is 10.2 Å². The van der Waals surface area contributed by atoms with Crippen molar-refractivity contribution in [1.29, 1.82) is 0 Å². The topological polar surface area (TPSA) is 90.9 Å². The summed E-state index contributed by atoms with van der Waals surface area (Å²) in [6.45, 7) is 3.80. The van der Waals surface area contributed by atoms with Gasteiger partial charge < -0.3 is 14.8 Å². The Labute approximate surface area is 202 Å². The number of fused-ring (bicyclic) bond motifs is 2. The smallest absolute Gasteiger partial charge is 0.169 e. The predicted octanol–water partition coefficient (Wildman–Crippen LogP) is 3.75. The second-order valence-corrected chi connectivity index (χ2v) is 9.03. The third-order valence-electron chi connectivity index (χ3n) is 6.66. The number of benzene rings is 1. The zero-order chi connectivity index (χ0) is 23.8. The van der Waals surface area contributed by atoms with Gasteiger partial charge >= 0.3 is 0 Å². The van der Waals surface area contributed by atoms with Crippen molar-refractivity contribution in [1.82, 2.24) is 30.0 Å². The first-order valence-electron chi connectivity index (χ1n) is 11.7. The number of rotatable bonds is 5. The fourth-order valence-corrected chi connectivity index (χ4v) is 4.62. The first-order chi connectivity index (χ1) is 17.1. The first-order valence-corrected chi connectivity index (χ1v) is 11.7. The molecular weight excluding hydrogens is 438 g/mol. The molecule has 0 spiro atoms. The Morgan fingerprint density at radius 3 is 2.77 bits per heavy atom. The number of piperazine rings is 1. The quantitative estimate of drug-likeness (QED) is 0.397. The summed E-state index contributed by atoms with van der Waals surface area (Å²) in [6.07, 6.45) is 7.52. The van der Waals surface area contributed by atoms with Crippen LogP contribution in [0.1, 0.15) is 16.1 Å². The fourth-order valence-electron chi connectivity index (χ4n) is 4.62. The number of carbonyl (C=O) groups excluding carboxylic acids is 1. The fraction of sp³-hybridized carbons (Fsp3) is 0.222. The maximum absolute atomic E-state index is 13.1. The average Bonchev–Trinajstić information content (AvgIpc) is 3.38. The second kappa shape index (κ2) is 8.88. The largest absolute Gasteiger partial charge is 0.360 e. The molecule has 0 saturated carbocycles. The summed E-state index contributed by atoms with van der Waals surface area (Å²) in [5.41, 5.74) is 5.18. The number of pyridine rings is 2. The summed E-state index contributed by atoms with van der Waals surface area (Å²) in [5, 5.41) is 10.7. The number of anilines is 1. The lowest BCUT2D eigenvalue weighted by molar-refractivity contribution is 0.0991. The standard InChI is InChI=1S/C27H25N7O/c1-33-8-10-34(11-9-33)27-14-19(4-6-30-27)26(35)15-21-13-20-12-18(2-3-24(20)32-31-21)23-16-28-17-25-22(23)5-7-29-25/h2-7,12-14,16-17,29H,8-11,15H2,1H3. The third-order valence-corrected chi connectivity index (χ3v) is 6.66. The van der Waals surface area contributed by atoms with E-state index in [1.54, 1.807) is 12.3 Å². The monoisotopic (exact) mass is 463 g/mol. The third kappa shape index (κ3) is 4.24. The van der Waals surface area contributed by atoms with Gasteiger partial charge in [-0.25, -0.2) is 4.98 Å². The van der Waals surface area contributed by atoms with E-state index in [2.05, 4.69) is 54.1 Å². The zero-order valence-corrected chi connectivity index (χ0v) is 19.5. The minimum Gasteiger partial charge on any atom is -0.360 e. The van der Waals surface area contributed by atoms with Crippen LogP contribution in [0.4, 0.5) is 5.82 Å². The molecule has 4 aromatic heterocycles. The number of likely N-dealkylation sites (N-methyl/N-ethyl adjacent to an activating group) is 1. The molecule has 6 rings (SSSR count). The summed E-state index contributed by atoms with van der Waals surface area (Å²) < 4.78 is 0. The molecule has 8 nitrogen and oxygen atoms in total. The highest BCUT2D eigenvalue weighted by Crippen LogP contribution is 2.29. The van der Waals surface area contributed by atoms with Crippen LogP contribution in [0.2, 0.25) is 0 Å². The molecule has 0 bridgehead atoms. The van der Waals surface area contributed by atoms with Crippen LogP contribution in [0.15, 0.2) is 67.3 Å². The van der Waals surface area contributed by atoms with Crippen molar-refractivity contribution < 1.29 is 4.79 Å². The Bertz CT molecular complexity index is 1540.